The number of morpholine rings is 1. The van der Waals surface area contributed by atoms with Crippen molar-refractivity contribution in [3.05, 3.63) is 59.1 Å². The lowest BCUT2D eigenvalue weighted by molar-refractivity contribution is -0.00958. The first kappa shape index (κ1) is 14.0. The number of benzene rings is 2. The van der Waals surface area contributed by atoms with Gasteiger partial charge in [-0.05, 0) is 42.3 Å². The Labute approximate surface area is 133 Å². The lowest BCUT2D eigenvalue weighted by Gasteiger charge is -2.27. The molecule has 2 unspecified atom stereocenters. The maximum atomic E-state index is 14.5. The number of anilines is 2. The van der Waals surface area contributed by atoms with Crippen molar-refractivity contribution in [3.8, 4) is 0 Å². The summed E-state index contributed by atoms with van der Waals surface area (Å²) >= 11 is 5.91. The van der Waals surface area contributed by atoms with E-state index in [1.54, 1.807) is 36.4 Å². The summed E-state index contributed by atoms with van der Waals surface area (Å²) in [6.07, 6.45) is 0.986. The number of fused-ring (bicyclic) bond motifs is 2. The van der Waals surface area contributed by atoms with Gasteiger partial charge >= 0.3 is 0 Å². The molecule has 0 saturated carbocycles. The molecule has 2 fully saturated rings. The van der Waals surface area contributed by atoms with E-state index in [1.807, 2.05) is 12.1 Å². The van der Waals surface area contributed by atoms with E-state index in [4.69, 9.17) is 16.3 Å². The summed E-state index contributed by atoms with van der Waals surface area (Å²) in [4.78, 5) is 0. The van der Waals surface area contributed by atoms with Gasteiger partial charge in [0.1, 0.15) is 5.60 Å². The third-order valence-corrected chi connectivity index (χ3v) is 4.70. The minimum absolute atomic E-state index is 0.236. The zero-order chi connectivity index (χ0) is 15.2. The number of hydrogen-bond donors (Lipinski definition) is 1. The van der Waals surface area contributed by atoms with Crippen molar-refractivity contribution in [2.24, 2.45) is 0 Å². The second kappa shape index (κ2) is 5.23. The Kier molecular flexibility index (Phi) is 3.33. The van der Waals surface area contributed by atoms with E-state index < -0.39 is 0 Å². The molecule has 2 atom stereocenters. The molecular formula is C17H16ClFN2O. The van der Waals surface area contributed by atoms with Gasteiger partial charge in [0.05, 0.1) is 18.0 Å². The van der Waals surface area contributed by atoms with Crippen LogP contribution in [0.2, 0.25) is 5.02 Å². The molecule has 5 heteroatoms. The van der Waals surface area contributed by atoms with Gasteiger partial charge in [0, 0.05) is 17.6 Å². The minimum atomic E-state index is -0.236. The lowest BCUT2D eigenvalue weighted by Crippen LogP contribution is -2.37. The van der Waals surface area contributed by atoms with Crippen LogP contribution in [0.1, 0.15) is 12.0 Å². The minimum Gasteiger partial charge on any atom is -0.367 e. The van der Waals surface area contributed by atoms with Crippen molar-refractivity contribution in [1.82, 2.24) is 5.32 Å². The summed E-state index contributed by atoms with van der Waals surface area (Å²) in [5, 5.41) is 4.59. The molecule has 4 rings (SSSR count). The van der Waals surface area contributed by atoms with Crippen LogP contribution in [-0.2, 0) is 10.3 Å². The molecule has 2 aliphatic heterocycles. The Hall–Kier alpha value is -1.62. The van der Waals surface area contributed by atoms with Gasteiger partial charge in [0.15, 0.2) is 0 Å². The quantitative estimate of drug-likeness (QED) is 0.867. The van der Waals surface area contributed by atoms with Crippen LogP contribution in [0.5, 0.6) is 0 Å². The molecule has 0 aromatic heterocycles. The third-order valence-electron chi connectivity index (χ3n) is 4.47. The molecular weight excluding hydrogens is 303 g/mol. The number of nitrogens with one attached hydrogen (secondary N) is 1. The van der Waals surface area contributed by atoms with E-state index in [0.29, 0.717) is 27.6 Å². The summed E-state index contributed by atoms with van der Waals surface area (Å²) in [5.74, 6) is 0. The second-order valence-electron chi connectivity index (χ2n) is 5.89. The van der Waals surface area contributed by atoms with Crippen LogP contribution in [-0.4, -0.2) is 19.2 Å². The molecule has 114 valence electrons. The smallest absolute Gasteiger partial charge is 0.107 e. The summed E-state index contributed by atoms with van der Waals surface area (Å²) in [7, 11) is 0. The predicted octanol–water partition coefficient (Wildman–Crippen LogP) is 3.95. The molecule has 0 aliphatic carbocycles. The van der Waals surface area contributed by atoms with E-state index in [-0.39, 0.29) is 5.60 Å². The Bertz CT molecular complexity index is 683. The van der Waals surface area contributed by atoms with Crippen molar-refractivity contribution >= 4 is 23.0 Å². The van der Waals surface area contributed by atoms with Gasteiger partial charge in [-0.1, -0.05) is 34.3 Å². The number of ether oxygens (including phenoxy) is 1. The molecule has 1 N–H and O–H groups in total. The first-order chi connectivity index (χ1) is 10.7. The predicted molar refractivity (Wildman–Crippen MR) is 85.2 cm³/mol. The first-order valence-corrected chi connectivity index (χ1v) is 7.73. The van der Waals surface area contributed by atoms with Crippen LogP contribution >= 0.6 is 11.6 Å². The van der Waals surface area contributed by atoms with Crippen LogP contribution in [0.4, 0.5) is 15.9 Å². The summed E-state index contributed by atoms with van der Waals surface area (Å²) in [5.41, 5.74) is 1.75. The molecule has 2 bridgehead atoms. The maximum Gasteiger partial charge on any atom is 0.107 e. The highest BCUT2D eigenvalue weighted by Crippen LogP contribution is 2.41. The molecule has 0 radical (unpaired) electrons. The zero-order valence-corrected chi connectivity index (χ0v) is 12.7. The zero-order valence-electron chi connectivity index (χ0n) is 11.9. The van der Waals surface area contributed by atoms with E-state index >= 15 is 0 Å². The Morgan fingerprint density at radius 1 is 1.18 bits per heavy atom. The highest BCUT2D eigenvalue weighted by Gasteiger charge is 2.47. The van der Waals surface area contributed by atoms with Crippen LogP contribution in [0.15, 0.2) is 48.5 Å². The van der Waals surface area contributed by atoms with Gasteiger partial charge in [-0.15, -0.1) is 0 Å². The maximum absolute atomic E-state index is 14.5. The average Bonchev–Trinajstić information content (AvgIpc) is 3.16. The van der Waals surface area contributed by atoms with Crippen molar-refractivity contribution in [3.63, 3.8) is 0 Å². The molecule has 2 aliphatic rings. The third kappa shape index (κ3) is 2.28. The molecule has 2 heterocycles. The Morgan fingerprint density at radius 3 is 2.59 bits per heavy atom. The highest BCUT2D eigenvalue weighted by molar-refractivity contribution is 6.30. The van der Waals surface area contributed by atoms with Crippen molar-refractivity contribution in [2.45, 2.75) is 18.1 Å². The SMILES string of the molecule is FN(c1ccc(C23CNC(CO2)C3)cc1)c1cccc(Cl)c1. The molecule has 22 heavy (non-hydrogen) atoms. The van der Waals surface area contributed by atoms with Crippen LogP contribution in [0.25, 0.3) is 0 Å². The summed E-state index contributed by atoms with van der Waals surface area (Å²) in [6, 6.07) is 14.6. The standard InChI is InChI=1S/C17H16ClFN2O/c18-13-2-1-3-16(8-13)21(19)15-6-4-12(5-7-15)17-9-14(10-22-17)20-11-17/h1-8,14,20H,9-11H2. The van der Waals surface area contributed by atoms with Gasteiger partial charge in [-0.2, -0.15) is 5.12 Å². The van der Waals surface area contributed by atoms with E-state index in [2.05, 4.69) is 5.32 Å². The average molecular weight is 319 g/mol. The van der Waals surface area contributed by atoms with Crippen LogP contribution < -0.4 is 10.4 Å². The van der Waals surface area contributed by atoms with E-state index in [9.17, 15) is 4.48 Å². The lowest BCUT2D eigenvalue weighted by atomic mass is 9.93. The number of halogens is 2. The first-order valence-electron chi connectivity index (χ1n) is 7.36. The fourth-order valence-corrected chi connectivity index (χ4v) is 3.47. The van der Waals surface area contributed by atoms with Crippen molar-refractivity contribution in [2.75, 3.05) is 18.3 Å². The van der Waals surface area contributed by atoms with E-state index in [0.717, 1.165) is 25.1 Å². The Balaban J connectivity index is 1.59. The summed E-state index contributed by atoms with van der Waals surface area (Å²) < 4.78 is 20.4. The summed E-state index contributed by atoms with van der Waals surface area (Å²) in [6.45, 7) is 1.57. The van der Waals surface area contributed by atoms with Gasteiger partial charge in [-0.3, -0.25) is 0 Å². The fourth-order valence-electron chi connectivity index (χ4n) is 3.29. The van der Waals surface area contributed by atoms with Crippen LogP contribution in [0, 0.1) is 0 Å². The van der Waals surface area contributed by atoms with Gasteiger partial charge in [0.25, 0.3) is 0 Å². The molecule has 2 aromatic rings. The molecule has 0 spiro atoms. The molecule has 3 nitrogen and oxygen atoms in total. The molecule has 2 saturated heterocycles. The molecule has 2 aromatic carbocycles. The monoisotopic (exact) mass is 318 g/mol. The second-order valence-corrected chi connectivity index (χ2v) is 6.33. The Morgan fingerprint density at radius 2 is 2.00 bits per heavy atom. The van der Waals surface area contributed by atoms with Gasteiger partial charge in [-0.25, -0.2) is 0 Å². The fraction of sp³-hybridized carbons (Fsp3) is 0.294. The number of rotatable bonds is 3. The van der Waals surface area contributed by atoms with Crippen molar-refractivity contribution < 1.29 is 9.22 Å². The normalized spacial score (nSPS) is 26.4. The van der Waals surface area contributed by atoms with E-state index in [1.165, 1.54) is 0 Å². The van der Waals surface area contributed by atoms with Crippen LogP contribution in [0.3, 0.4) is 0 Å². The van der Waals surface area contributed by atoms with Gasteiger partial charge < -0.3 is 10.1 Å². The number of nitrogens with zero attached hydrogens (tertiary/aromatic N) is 1. The van der Waals surface area contributed by atoms with Crippen molar-refractivity contribution in [1.29, 1.82) is 0 Å². The topological polar surface area (TPSA) is 24.5 Å². The van der Waals surface area contributed by atoms with Gasteiger partial charge in [0.2, 0.25) is 0 Å². The number of hydrogen-bond acceptors (Lipinski definition) is 3. The highest BCUT2D eigenvalue weighted by atomic mass is 35.5. The largest absolute Gasteiger partial charge is 0.367 e. The molecule has 0 amide bonds.